The minimum absolute atomic E-state index is 0.150. The van der Waals surface area contributed by atoms with Gasteiger partial charge in [0.15, 0.2) is 10.6 Å². The zero-order valence-corrected chi connectivity index (χ0v) is 18.2. The second-order valence-electron chi connectivity index (χ2n) is 7.89. The number of rotatable bonds is 5. The molecule has 31 heavy (non-hydrogen) atoms. The van der Waals surface area contributed by atoms with E-state index in [9.17, 15) is 14.4 Å². The summed E-state index contributed by atoms with van der Waals surface area (Å²) in [6, 6.07) is 6.97. The molecule has 4 rings (SSSR count). The van der Waals surface area contributed by atoms with Crippen LogP contribution in [-0.2, 0) is 22.6 Å². The van der Waals surface area contributed by atoms with E-state index in [-0.39, 0.29) is 17.2 Å². The van der Waals surface area contributed by atoms with Gasteiger partial charge in [-0.05, 0) is 24.1 Å². The van der Waals surface area contributed by atoms with E-state index in [1.54, 1.807) is 24.3 Å². The summed E-state index contributed by atoms with van der Waals surface area (Å²) < 4.78 is 5.46. The van der Waals surface area contributed by atoms with Crippen molar-refractivity contribution in [3.63, 3.8) is 0 Å². The number of nitrogens with one attached hydrogen (secondary N) is 1. The fourth-order valence-electron chi connectivity index (χ4n) is 3.46. The molecule has 0 fully saturated rings. The third-order valence-corrected chi connectivity index (χ3v) is 6.02. The molecule has 1 aliphatic rings. The van der Waals surface area contributed by atoms with Crippen LogP contribution >= 0.6 is 11.3 Å². The maximum Gasteiger partial charge on any atom is 0.250 e. The molecule has 0 aliphatic carbocycles. The first-order chi connectivity index (χ1) is 14.9. The van der Waals surface area contributed by atoms with E-state index in [4.69, 9.17) is 4.42 Å². The van der Waals surface area contributed by atoms with Crippen molar-refractivity contribution in [2.45, 2.75) is 33.2 Å². The highest BCUT2D eigenvalue weighted by molar-refractivity contribution is 7.15. The fraction of sp³-hybridized carbons (Fsp3) is 0.304. The smallest absolute Gasteiger partial charge is 0.250 e. The zero-order chi connectivity index (χ0) is 22.0. The Labute approximate surface area is 183 Å². The molecule has 3 heterocycles. The maximum atomic E-state index is 12.5. The van der Waals surface area contributed by atoms with Crippen LogP contribution in [0.15, 0.2) is 45.8 Å². The molecule has 1 aromatic carbocycles. The van der Waals surface area contributed by atoms with Crippen LogP contribution < -0.4 is 10.7 Å². The molecule has 8 heteroatoms. The molecule has 3 aromatic rings. The van der Waals surface area contributed by atoms with Crippen molar-refractivity contribution in [2.24, 2.45) is 5.92 Å². The van der Waals surface area contributed by atoms with Gasteiger partial charge in [0.05, 0.1) is 23.2 Å². The third kappa shape index (κ3) is 4.74. The maximum absolute atomic E-state index is 12.5. The molecule has 0 bridgehead atoms. The minimum atomic E-state index is -0.383. The van der Waals surface area contributed by atoms with Gasteiger partial charge in [-0.2, -0.15) is 0 Å². The largest absolute Gasteiger partial charge is 0.463 e. The number of aromatic nitrogens is 1. The molecule has 7 nitrogen and oxygen atoms in total. The fourth-order valence-corrected chi connectivity index (χ4v) is 4.49. The summed E-state index contributed by atoms with van der Waals surface area (Å²) in [5.74, 6) is 0.0882. The van der Waals surface area contributed by atoms with Crippen molar-refractivity contribution >= 4 is 45.3 Å². The third-order valence-electron chi connectivity index (χ3n) is 5.02. The lowest BCUT2D eigenvalue weighted by molar-refractivity contribution is -0.132. The Balaban J connectivity index is 1.42. The first kappa shape index (κ1) is 21.0. The highest BCUT2D eigenvalue weighted by Crippen LogP contribution is 2.29. The predicted molar refractivity (Wildman–Crippen MR) is 121 cm³/mol. The van der Waals surface area contributed by atoms with Crippen molar-refractivity contribution in [3.05, 3.63) is 63.0 Å². The Morgan fingerprint density at radius 1 is 1.32 bits per heavy atom. The Kier molecular flexibility index (Phi) is 5.99. The van der Waals surface area contributed by atoms with Gasteiger partial charge in [-0.15, -0.1) is 0 Å². The molecule has 1 N–H and O–H groups in total. The normalized spacial score (nSPS) is 13.7. The number of anilines is 1. The summed E-state index contributed by atoms with van der Waals surface area (Å²) in [5.41, 5.74) is 1.53. The molecule has 0 spiro atoms. The van der Waals surface area contributed by atoms with Crippen LogP contribution in [0, 0.1) is 5.92 Å². The highest BCUT2D eigenvalue weighted by atomic mass is 32.1. The summed E-state index contributed by atoms with van der Waals surface area (Å²) in [5, 5.41) is 3.70. The average Bonchev–Trinajstić information content (AvgIpc) is 3.14. The average molecular weight is 438 g/mol. The van der Waals surface area contributed by atoms with Gasteiger partial charge in [0.1, 0.15) is 11.8 Å². The van der Waals surface area contributed by atoms with E-state index in [1.807, 2.05) is 18.7 Å². The van der Waals surface area contributed by atoms with E-state index in [2.05, 4.69) is 10.3 Å². The minimum Gasteiger partial charge on any atom is -0.463 e. The topological polar surface area (TPSA) is 92.5 Å². The molecule has 0 saturated heterocycles. The van der Waals surface area contributed by atoms with E-state index in [0.29, 0.717) is 53.5 Å². The summed E-state index contributed by atoms with van der Waals surface area (Å²) in [7, 11) is 0. The molecule has 0 atom stereocenters. The van der Waals surface area contributed by atoms with Gasteiger partial charge in [0.25, 0.3) is 0 Å². The molecule has 2 amide bonds. The Bertz CT molecular complexity index is 1230. The first-order valence-corrected chi connectivity index (χ1v) is 11.0. The van der Waals surface area contributed by atoms with Gasteiger partial charge < -0.3 is 9.32 Å². The first-order valence-electron chi connectivity index (χ1n) is 10.2. The van der Waals surface area contributed by atoms with Crippen LogP contribution in [0.25, 0.3) is 17.0 Å². The van der Waals surface area contributed by atoms with Crippen molar-refractivity contribution in [2.75, 3.05) is 11.9 Å². The van der Waals surface area contributed by atoms with E-state index in [0.717, 1.165) is 10.6 Å². The second kappa shape index (κ2) is 8.85. The van der Waals surface area contributed by atoms with Gasteiger partial charge in [0.2, 0.25) is 11.8 Å². The second-order valence-corrected chi connectivity index (χ2v) is 8.97. The number of benzene rings is 1. The van der Waals surface area contributed by atoms with Gasteiger partial charge in [-0.25, -0.2) is 4.98 Å². The SMILES string of the molecule is CC(C)CC(=O)N1CCc2nc(NC(=O)/C=C/c3coc4ccccc4c3=O)sc2C1. The Morgan fingerprint density at radius 2 is 2.13 bits per heavy atom. The molecular formula is C23H23N3O4S. The molecular weight excluding hydrogens is 414 g/mol. The molecule has 0 unspecified atom stereocenters. The molecule has 1 aliphatic heterocycles. The van der Waals surface area contributed by atoms with E-state index in [1.165, 1.54) is 29.8 Å². The lowest BCUT2D eigenvalue weighted by atomic mass is 10.1. The number of amides is 2. The van der Waals surface area contributed by atoms with Crippen LogP contribution in [0.1, 0.15) is 36.4 Å². The lowest BCUT2D eigenvalue weighted by Gasteiger charge is -2.26. The number of thiazole rings is 1. The van der Waals surface area contributed by atoms with Gasteiger partial charge in [-0.1, -0.05) is 37.3 Å². The monoisotopic (exact) mass is 437 g/mol. The quantitative estimate of drug-likeness (QED) is 0.613. The number of carbonyl (C=O) groups excluding carboxylic acids is 2. The molecule has 160 valence electrons. The van der Waals surface area contributed by atoms with Crippen LogP contribution in [0.3, 0.4) is 0 Å². The number of nitrogens with zero attached hydrogens (tertiary/aromatic N) is 2. The van der Waals surface area contributed by atoms with Crippen LogP contribution in [0.2, 0.25) is 0 Å². The van der Waals surface area contributed by atoms with Gasteiger partial charge in [0, 0.05) is 30.3 Å². The van der Waals surface area contributed by atoms with Crippen LogP contribution in [0.5, 0.6) is 0 Å². The zero-order valence-electron chi connectivity index (χ0n) is 17.4. The van der Waals surface area contributed by atoms with Crippen molar-refractivity contribution < 1.29 is 14.0 Å². The summed E-state index contributed by atoms with van der Waals surface area (Å²) >= 11 is 1.38. The summed E-state index contributed by atoms with van der Waals surface area (Å²) in [6.45, 7) is 5.24. The number of hydrogen-bond acceptors (Lipinski definition) is 6. The highest BCUT2D eigenvalue weighted by Gasteiger charge is 2.24. The number of para-hydroxylation sites is 1. The van der Waals surface area contributed by atoms with E-state index < -0.39 is 0 Å². The van der Waals surface area contributed by atoms with Crippen LogP contribution in [0.4, 0.5) is 5.13 Å². The molecule has 0 saturated carbocycles. The molecule has 2 aromatic heterocycles. The van der Waals surface area contributed by atoms with Gasteiger partial charge in [-0.3, -0.25) is 19.7 Å². The summed E-state index contributed by atoms with van der Waals surface area (Å²) in [6.07, 6.45) is 5.29. The molecule has 0 radical (unpaired) electrons. The van der Waals surface area contributed by atoms with E-state index >= 15 is 0 Å². The number of carbonyl (C=O) groups is 2. The van der Waals surface area contributed by atoms with Crippen molar-refractivity contribution in [1.82, 2.24) is 9.88 Å². The number of fused-ring (bicyclic) bond motifs is 2. The Hall–Kier alpha value is -3.26. The standard InChI is InChI=1S/C23H23N3O4S/c1-14(2)11-21(28)26-10-9-17-19(12-26)31-23(24-17)25-20(27)8-7-15-13-30-18-6-4-3-5-16(18)22(15)29/h3-8,13-14H,9-12H2,1-2H3,(H,24,25,27)/b8-7+. The lowest BCUT2D eigenvalue weighted by Crippen LogP contribution is -2.36. The summed E-state index contributed by atoms with van der Waals surface area (Å²) in [4.78, 5) is 44.5. The van der Waals surface area contributed by atoms with Crippen molar-refractivity contribution in [3.8, 4) is 0 Å². The van der Waals surface area contributed by atoms with Crippen LogP contribution in [-0.4, -0.2) is 28.2 Å². The van der Waals surface area contributed by atoms with Crippen molar-refractivity contribution in [1.29, 1.82) is 0 Å². The predicted octanol–water partition coefficient (Wildman–Crippen LogP) is 3.83. The van der Waals surface area contributed by atoms with Gasteiger partial charge >= 0.3 is 0 Å². The number of hydrogen-bond donors (Lipinski definition) is 1. The Morgan fingerprint density at radius 3 is 2.94 bits per heavy atom.